The van der Waals surface area contributed by atoms with E-state index in [9.17, 15) is 0 Å². The fraction of sp³-hybridized carbons (Fsp3) is 0.214. The lowest BCUT2D eigenvalue weighted by atomic mass is 10.2. The molecular formula is C14H15N3O. The number of hydrogen-bond acceptors (Lipinski definition) is 3. The summed E-state index contributed by atoms with van der Waals surface area (Å²) in [6.07, 6.45) is 1.91. The molecule has 0 saturated heterocycles. The van der Waals surface area contributed by atoms with Crippen LogP contribution >= 0.6 is 0 Å². The summed E-state index contributed by atoms with van der Waals surface area (Å²) < 4.78 is 1.80. The summed E-state index contributed by atoms with van der Waals surface area (Å²) in [5, 5.41) is 8.83. The van der Waals surface area contributed by atoms with Gasteiger partial charge in [-0.25, -0.2) is 0 Å². The summed E-state index contributed by atoms with van der Waals surface area (Å²) in [6.45, 7) is 1.11. The van der Waals surface area contributed by atoms with Crippen molar-refractivity contribution in [2.45, 2.75) is 13.2 Å². The van der Waals surface area contributed by atoms with Crippen LogP contribution in [0.5, 0.6) is 0 Å². The first-order valence-electron chi connectivity index (χ1n) is 5.73. The largest absolute Gasteiger partial charge is 0.342 e. The second-order valence-electron chi connectivity index (χ2n) is 4.05. The first kappa shape index (κ1) is 12.4. The molecule has 0 amide bonds. The topological polar surface area (TPSA) is 50.0 Å². The van der Waals surface area contributed by atoms with Crippen molar-refractivity contribution in [1.82, 2.24) is 10.0 Å². The van der Waals surface area contributed by atoms with Gasteiger partial charge >= 0.3 is 0 Å². The molecule has 0 unspecified atom stereocenters. The van der Waals surface area contributed by atoms with Gasteiger partial charge in [0.1, 0.15) is 11.8 Å². The van der Waals surface area contributed by atoms with Crippen LogP contribution in [0, 0.1) is 11.3 Å². The van der Waals surface area contributed by atoms with Crippen molar-refractivity contribution in [2.24, 2.45) is 7.05 Å². The molecule has 2 aromatic rings. The third kappa shape index (κ3) is 3.20. The molecule has 0 spiro atoms. The van der Waals surface area contributed by atoms with Gasteiger partial charge in [0, 0.05) is 19.8 Å². The zero-order valence-electron chi connectivity index (χ0n) is 10.3. The molecule has 2 rings (SSSR count). The molecule has 0 atom stereocenters. The van der Waals surface area contributed by atoms with Gasteiger partial charge in [-0.2, -0.15) is 10.7 Å². The Morgan fingerprint density at radius 2 is 2.06 bits per heavy atom. The van der Waals surface area contributed by atoms with E-state index in [2.05, 4.69) is 11.5 Å². The highest BCUT2D eigenvalue weighted by Gasteiger charge is 2.01. The van der Waals surface area contributed by atoms with Crippen LogP contribution in [0.2, 0.25) is 0 Å². The highest BCUT2D eigenvalue weighted by Crippen LogP contribution is 2.06. The Morgan fingerprint density at radius 3 is 2.72 bits per heavy atom. The number of hydroxylamine groups is 1. The molecule has 0 aliphatic carbocycles. The van der Waals surface area contributed by atoms with Crippen molar-refractivity contribution in [3.05, 3.63) is 59.4 Å². The van der Waals surface area contributed by atoms with Gasteiger partial charge in [0.2, 0.25) is 0 Å². The van der Waals surface area contributed by atoms with E-state index in [0.29, 0.717) is 18.8 Å². The Morgan fingerprint density at radius 1 is 1.28 bits per heavy atom. The van der Waals surface area contributed by atoms with E-state index < -0.39 is 0 Å². The lowest BCUT2D eigenvalue weighted by Crippen LogP contribution is -2.13. The summed E-state index contributed by atoms with van der Waals surface area (Å²) in [5.41, 5.74) is 5.69. The van der Waals surface area contributed by atoms with E-state index in [1.54, 1.807) is 4.57 Å². The molecule has 0 saturated carbocycles. The Balaban J connectivity index is 1.77. The molecule has 4 heteroatoms. The lowest BCUT2D eigenvalue weighted by Gasteiger charge is -2.04. The minimum absolute atomic E-state index is 0.527. The van der Waals surface area contributed by atoms with E-state index in [4.69, 9.17) is 10.1 Å². The van der Waals surface area contributed by atoms with Gasteiger partial charge in [0.25, 0.3) is 0 Å². The van der Waals surface area contributed by atoms with Crippen LogP contribution in [0.15, 0.2) is 42.6 Å². The Kier molecular flexibility index (Phi) is 4.13. The van der Waals surface area contributed by atoms with Gasteiger partial charge in [-0.1, -0.05) is 30.3 Å². The average Bonchev–Trinajstić information content (AvgIpc) is 2.76. The van der Waals surface area contributed by atoms with Crippen molar-refractivity contribution in [2.75, 3.05) is 0 Å². The monoisotopic (exact) mass is 241 g/mol. The second kappa shape index (κ2) is 6.01. The van der Waals surface area contributed by atoms with Gasteiger partial charge in [0.15, 0.2) is 0 Å². The van der Waals surface area contributed by atoms with Gasteiger partial charge in [0.05, 0.1) is 6.61 Å². The molecule has 0 fully saturated rings. The highest BCUT2D eigenvalue weighted by molar-refractivity contribution is 5.28. The fourth-order valence-electron chi connectivity index (χ4n) is 1.68. The Bertz CT molecular complexity index is 540. The molecule has 18 heavy (non-hydrogen) atoms. The van der Waals surface area contributed by atoms with E-state index in [1.165, 1.54) is 0 Å². The molecule has 0 radical (unpaired) electrons. The number of hydrogen-bond donors (Lipinski definition) is 1. The van der Waals surface area contributed by atoms with E-state index >= 15 is 0 Å². The van der Waals surface area contributed by atoms with E-state index in [1.807, 2.05) is 49.6 Å². The summed E-state index contributed by atoms with van der Waals surface area (Å²) >= 11 is 0. The Hall–Kier alpha value is -2.09. The fourth-order valence-corrected chi connectivity index (χ4v) is 1.68. The van der Waals surface area contributed by atoms with Crippen LogP contribution in [0.4, 0.5) is 0 Å². The predicted molar refractivity (Wildman–Crippen MR) is 68.2 cm³/mol. The maximum absolute atomic E-state index is 8.83. The molecule has 1 heterocycles. The molecule has 1 aromatic carbocycles. The minimum atomic E-state index is 0.527. The van der Waals surface area contributed by atoms with Crippen molar-refractivity contribution < 1.29 is 4.84 Å². The first-order valence-corrected chi connectivity index (χ1v) is 5.73. The summed E-state index contributed by atoms with van der Waals surface area (Å²) in [5.74, 6) is 0. The number of aryl methyl sites for hydroxylation is 1. The molecular weight excluding hydrogens is 226 g/mol. The summed E-state index contributed by atoms with van der Waals surface area (Å²) in [6, 6.07) is 13.9. The highest BCUT2D eigenvalue weighted by atomic mass is 16.6. The molecule has 0 aliphatic heterocycles. The number of nitriles is 1. The SMILES string of the molecule is Cn1cc(CNOCc2ccccc2)cc1C#N. The zero-order valence-corrected chi connectivity index (χ0v) is 10.3. The third-order valence-corrected chi connectivity index (χ3v) is 2.64. The minimum Gasteiger partial charge on any atom is -0.342 e. The normalized spacial score (nSPS) is 10.2. The van der Waals surface area contributed by atoms with Crippen LogP contribution in [-0.2, 0) is 25.0 Å². The molecule has 4 nitrogen and oxygen atoms in total. The molecule has 0 bridgehead atoms. The van der Waals surface area contributed by atoms with Crippen molar-refractivity contribution in [3.8, 4) is 6.07 Å². The first-order chi connectivity index (χ1) is 8.79. The van der Waals surface area contributed by atoms with Gasteiger partial charge < -0.3 is 4.57 Å². The van der Waals surface area contributed by atoms with Crippen LogP contribution in [0.3, 0.4) is 0 Å². The quantitative estimate of drug-likeness (QED) is 0.644. The molecule has 0 aliphatic rings. The van der Waals surface area contributed by atoms with Crippen molar-refractivity contribution in [3.63, 3.8) is 0 Å². The summed E-state index contributed by atoms with van der Waals surface area (Å²) in [7, 11) is 1.85. The number of nitrogens with one attached hydrogen (secondary N) is 1. The predicted octanol–water partition coefficient (Wildman–Crippen LogP) is 2.12. The number of rotatable bonds is 5. The maximum atomic E-state index is 8.83. The Labute approximate surface area is 106 Å². The van der Waals surface area contributed by atoms with Crippen LogP contribution < -0.4 is 5.48 Å². The smallest absolute Gasteiger partial charge is 0.120 e. The second-order valence-corrected chi connectivity index (χ2v) is 4.05. The zero-order chi connectivity index (χ0) is 12.8. The third-order valence-electron chi connectivity index (χ3n) is 2.64. The van der Waals surface area contributed by atoms with Crippen LogP contribution in [0.1, 0.15) is 16.8 Å². The maximum Gasteiger partial charge on any atom is 0.120 e. The van der Waals surface area contributed by atoms with Crippen molar-refractivity contribution in [1.29, 1.82) is 5.26 Å². The van der Waals surface area contributed by atoms with Crippen molar-refractivity contribution >= 4 is 0 Å². The lowest BCUT2D eigenvalue weighted by molar-refractivity contribution is 0.0235. The van der Waals surface area contributed by atoms with Gasteiger partial charge in [-0.15, -0.1) is 0 Å². The van der Waals surface area contributed by atoms with Crippen LogP contribution in [-0.4, -0.2) is 4.57 Å². The molecule has 1 N–H and O–H groups in total. The molecule has 92 valence electrons. The number of benzene rings is 1. The summed E-state index contributed by atoms with van der Waals surface area (Å²) in [4.78, 5) is 5.36. The number of aromatic nitrogens is 1. The standard InChI is InChI=1S/C14H15N3O/c1-17-10-13(7-14(17)8-15)9-16-18-11-12-5-3-2-4-6-12/h2-7,10,16H,9,11H2,1H3. The molecule has 1 aromatic heterocycles. The van der Waals surface area contributed by atoms with E-state index in [0.717, 1.165) is 11.1 Å². The average molecular weight is 241 g/mol. The number of nitrogens with zero attached hydrogens (tertiary/aromatic N) is 2. The van der Waals surface area contributed by atoms with Gasteiger partial charge in [-0.05, 0) is 17.2 Å². The van der Waals surface area contributed by atoms with Crippen LogP contribution in [0.25, 0.3) is 0 Å². The van der Waals surface area contributed by atoms with Gasteiger partial charge in [-0.3, -0.25) is 4.84 Å². The van der Waals surface area contributed by atoms with E-state index in [-0.39, 0.29) is 0 Å².